The number of rotatable bonds is 2. The summed E-state index contributed by atoms with van der Waals surface area (Å²) in [5.41, 5.74) is -1.41. The van der Waals surface area contributed by atoms with Gasteiger partial charge >= 0.3 is 6.18 Å². The number of carbonyl (C=O) groups excluding carboxylic acids is 2. The van der Waals surface area contributed by atoms with Gasteiger partial charge in [0.25, 0.3) is 5.91 Å². The van der Waals surface area contributed by atoms with Crippen LogP contribution in [0, 0.1) is 5.41 Å². The second-order valence-corrected chi connectivity index (χ2v) is 8.36. The highest BCUT2D eigenvalue weighted by Gasteiger charge is 2.68. The Morgan fingerprint density at radius 1 is 1.00 bits per heavy atom. The maximum atomic E-state index is 12.6. The molecule has 0 bridgehead atoms. The maximum Gasteiger partial charge on any atom is 0.416 e. The van der Waals surface area contributed by atoms with Crippen molar-refractivity contribution < 1.29 is 22.8 Å². The van der Waals surface area contributed by atoms with Crippen molar-refractivity contribution in [1.82, 2.24) is 9.80 Å². The summed E-state index contributed by atoms with van der Waals surface area (Å²) in [4.78, 5) is 28.1. The molecule has 2 amide bonds. The molecule has 142 valence electrons. The third-order valence-electron chi connectivity index (χ3n) is 5.04. The minimum Gasteiger partial charge on any atom is -0.339 e. The second kappa shape index (κ2) is 6.30. The van der Waals surface area contributed by atoms with Crippen molar-refractivity contribution in [3.05, 3.63) is 35.4 Å². The molecule has 4 nitrogen and oxygen atoms in total. The first-order chi connectivity index (χ1) is 12.0. The van der Waals surface area contributed by atoms with E-state index in [-0.39, 0.29) is 17.4 Å². The number of piperazine rings is 1. The van der Waals surface area contributed by atoms with E-state index in [2.05, 4.69) is 0 Å². The van der Waals surface area contributed by atoms with Crippen LogP contribution >= 0.6 is 23.2 Å². The molecule has 0 unspecified atom stereocenters. The van der Waals surface area contributed by atoms with Crippen molar-refractivity contribution >= 4 is 35.0 Å². The van der Waals surface area contributed by atoms with Gasteiger partial charge < -0.3 is 9.80 Å². The summed E-state index contributed by atoms with van der Waals surface area (Å²) in [6.45, 7) is 3.00. The summed E-state index contributed by atoms with van der Waals surface area (Å²) in [5, 5.41) is 0. The summed E-state index contributed by atoms with van der Waals surface area (Å²) >= 11 is 12.1. The van der Waals surface area contributed by atoms with Crippen LogP contribution < -0.4 is 0 Å². The van der Waals surface area contributed by atoms with Crippen LogP contribution in [0.5, 0.6) is 0 Å². The third kappa shape index (κ3) is 3.39. The molecule has 2 fully saturated rings. The van der Waals surface area contributed by atoms with Gasteiger partial charge in [0.1, 0.15) is 4.33 Å². The van der Waals surface area contributed by atoms with Gasteiger partial charge in [-0.1, -0.05) is 0 Å². The van der Waals surface area contributed by atoms with Crippen LogP contribution in [0.2, 0.25) is 0 Å². The molecule has 9 heteroatoms. The van der Waals surface area contributed by atoms with Gasteiger partial charge in [0.2, 0.25) is 5.91 Å². The lowest BCUT2D eigenvalue weighted by molar-refractivity contribution is -0.138. The average Bonchev–Trinajstić information content (AvgIpc) is 3.12. The first kappa shape index (κ1) is 19.3. The zero-order valence-corrected chi connectivity index (χ0v) is 15.5. The molecule has 1 aliphatic heterocycles. The molecule has 0 N–H and O–H groups in total. The molecule has 1 aromatic carbocycles. The van der Waals surface area contributed by atoms with Gasteiger partial charge in [-0.25, -0.2) is 0 Å². The Morgan fingerprint density at radius 2 is 1.46 bits per heavy atom. The highest BCUT2D eigenvalue weighted by Crippen LogP contribution is 2.64. The van der Waals surface area contributed by atoms with Gasteiger partial charge in [-0.2, -0.15) is 13.2 Å². The van der Waals surface area contributed by atoms with Crippen LogP contribution in [-0.2, 0) is 11.0 Å². The summed E-state index contributed by atoms with van der Waals surface area (Å²) in [7, 11) is 0. The van der Waals surface area contributed by atoms with Crippen LogP contribution in [0.1, 0.15) is 29.3 Å². The lowest BCUT2D eigenvalue weighted by Crippen LogP contribution is -2.52. The standard InChI is InChI=1S/C17H17Cl2F3N2O2/c1-15(10-16(15,18)19)14(26)24-8-6-23(7-9-24)13(25)11-2-4-12(5-3-11)17(20,21)22/h2-5H,6-10H2,1H3/t15-/m0/s1. The maximum absolute atomic E-state index is 12.6. The number of alkyl halides is 5. The van der Waals surface area contributed by atoms with Gasteiger partial charge in [0, 0.05) is 31.7 Å². The molecule has 1 aromatic rings. The number of hydrogen-bond donors (Lipinski definition) is 0. The lowest BCUT2D eigenvalue weighted by Gasteiger charge is -2.36. The SMILES string of the molecule is C[C@@]1(C(=O)N2CCN(C(=O)c3ccc(C(F)(F)F)cc3)CC2)CC1(Cl)Cl. The van der Waals surface area contributed by atoms with E-state index in [0.29, 0.717) is 32.6 Å². The highest BCUT2D eigenvalue weighted by atomic mass is 35.5. The minimum atomic E-state index is -4.44. The van der Waals surface area contributed by atoms with E-state index < -0.39 is 21.5 Å². The van der Waals surface area contributed by atoms with Crippen molar-refractivity contribution in [2.45, 2.75) is 23.9 Å². The lowest BCUT2D eigenvalue weighted by atomic mass is 10.1. The Balaban J connectivity index is 1.60. The fourth-order valence-electron chi connectivity index (χ4n) is 3.08. The first-order valence-electron chi connectivity index (χ1n) is 8.09. The third-order valence-corrected chi connectivity index (χ3v) is 6.14. The van der Waals surface area contributed by atoms with Crippen LogP contribution in [0.3, 0.4) is 0 Å². The number of benzene rings is 1. The van der Waals surface area contributed by atoms with E-state index >= 15 is 0 Å². The number of nitrogens with zero attached hydrogens (tertiary/aromatic N) is 2. The zero-order chi connectivity index (χ0) is 19.3. The largest absolute Gasteiger partial charge is 0.416 e. The summed E-state index contributed by atoms with van der Waals surface area (Å²) in [6.07, 6.45) is -4.04. The molecular weight excluding hydrogens is 392 g/mol. The van der Waals surface area contributed by atoms with E-state index in [9.17, 15) is 22.8 Å². The molecule has 1 atom stereocenters. The van der Waals surface area contributed by atoms with E-state index in [1.165, 1.54) is 17.0 Å². The number of carbonyl (C=O) groups is 2. The normalized spacial score (nSPS) is 25.2. The smallest absolute Gasteiger partial charge is 0.339 e. The molecule has 26 heavy (non-hydrogen) atoms. The Kier molecular flexibility index (Phi) is 4.68. The van der Waals surface area contributed by atoms with Gasteiger partial charge in [0.15, 0.2) is 0 Å². The molecule has 0 radical (unpaired) electrons. The molecule has 3 rings (SSSR count). The van der Waals surface area contributed by atoms with Gasteiger partial charge in [0.05, 0.1) is 11.0 Å². The first-order valence-corrected chi connectivity index (χ1v) is 8.85. The fourth-order valence-corrected chi connectivity index (χ4v) is 3.77. The van der Waals surface area contributed by atoms with E-state index in [0.717, 1.165) is 12.1 Å². The molecular formula is C17H17Cl2F3N2O2. The number of hydrogen-bond acceptors (Lipinski definition) is 2. The zero-order valence-electron chi connectivity index (χ0n) is 13.9. The fraction of sp³-hybridized carbons (Fsp3) is 0.529. The summed E-state index contributed by atoms with van der Waals surface area (Å²) in [6, 6.07) is 4.12. The van der Waals surface area contributed by atoms with Crippen molar-refractivity contribution in [2.75, 3.05) is 26.2 Å². The highest BCUT2D eigenvalue weighted by molar-refractivity contribution is 6.53. The molecule has 0 spiro atoms. The quantitative estimate of drug-likeness (QED) is 0.701. The molecule has 1 saturated carbocycles. The summed E-state index contributed by atoms with van der Waals surface area (Å²) < 4.78 is 36.8. The number of amides is 2. The summed E-state index contributed by atoms with van der Waals surface area (Å²) in [5.74, 6) is -0.489. The van der Waals surface area contributed by atoms with Crippen molar-refractivity contribution in [3.63, 3.8) is 0 Å². The molecule has 2 aliphatic rings. The van der Waals surface area contributed by atoms with Crippen molar-refractivity contribution in [2.24, 2.45) is 5.41 Å². The Labute approximate surface area is 158 Å². The van der Waals surface area contributed by atoms with E-state index in [1.54, 1.807) is 11.8 Å². The van der Waals surface area contributed by atoms with Crippen LogP contribution in [0.15, 0.2) is 24.3 Å². The average molecular weight is 409 g/mol. The van der Waals surface area contributed by atoms with Crippen LogP contribution in [0.25, 0.3) is 0 Å². The van der Waals surface area contributed by atoms with Crippen molar-refractivity contribution in [3.8, 4) is 0 Å². The second-order valence-electron chi connectivity index (χ2n) is 6.87. The monoisotopic (exact) mass is 408 g/mol. The van der Waals surface area contributed by atoms with Gasteiger partial charge in [-0.3, -0.25) is 9.59 Å². The predicted molar refractivity (Wildman–Crippen MR) is 91.1 cm³/mol. The Hall–Kier alpha value is -1.47. The Morgan fingerprint density at radius 3 is 1.88 bits per heavy atom. The Bertz CT molecular complexity index is 729. The molecule has 0 aromatic heterocycles. The predicted octanol–water partition coefficient (Wildman–Crippen LogP) is 3.57. The van der Waals surface area contributed by atoms with Crippen molar-refractivity contribution in [1.29, 1.82) is 0 Å². The molecule has 1 aliphatic carbocycles. The van der Waals surface area contributed by atoms with Gasteiger partial charge in [-0.15, -0.1) is 23.2 Å². The topological polar surface area (TPSA) is 40.6 Å². The molecule has 1 heterocycles. The van der Waals surface area contributed by atoms with Gasteiger partial charge in [-0.05, 0) is 37.6 Å². The van der Waals surface area contributed by atoms with Crippen LogP contribution in [-0.4, -0.2) is 52.1 Å². The van der Waals surface area contributed by atoms with Crippen LogP contribution in [0.4, 0.5) is 13.2 Å². The number of halogens is 5. The molecule has 1 saturated heterocycles. The van der Waals surface area contributed by atoms with E-state index in [1.807, 2.05) is 0 Å². The van der Waals surface area contributed by atoms with E-state index in [4.69, 9.17) is 23.2 Å². The minimum absolute atomic E-state index is 0.135.